The first kappa shape index (κ1) is 11.5. The van der Waals surface area contributed by atoms with E-state index in [-0.39, 0.29) is 10.8 Å². The average Bonchev–Trinajstić information content (AvgIpc) is 2.27. The van der Waals surface area contributed by atoms with Crippen LogP contribution in [-0.2, 0) is 0 Å². The molecule has 0 aliphatic rings. The van der Waals surface area contributed by atoms with Gasteiger partial charge in [0, 0.05) is 0 Å². The molecule has 2 rings (SSSR count). The molecule has 0 atom stereocenters. The second kappa shape index (κ2) is 4.47. The van der Waals surface area contributed by atoms with Gasteiger partial charge in [-0.3, -0.25) is 0 Å². The Labute approximate surface area is 102 Å². The highest BCUT2D eigenvalue weighted by Gasteiger charge is 2.04. The summed E-state index contributed by atoms with van der Waals surface area (Å²) in [6.07, 6.45) is 0. The summed E-state index contributed by atoms with van der Waals surface area (Å²) in [5.41, 5.74) is 12.1. The molecule has 0 spiro atoms. The van der Waals surface area contributed by atoms with Crippen molar-refractivity contribution >= 4 is 34.6 Å². The smallest absolute Gasteiger partial charge is 0.149 e. The van der Waals surface area contributed by atoms with Crippen LogP contribution in [0.25, 0.3) is 0 Å². The van der Waals surface area contributed by atoms with Gasteiger partial charge in [0.05, 0.1) is 16.4 Å². The Morgan fingerprint density at radius 2 is 1.94 bits per heavy atom. The summed E-state index contributed by atoms with van der Waals surface area (Å²) in [7, 11) is 0. The van der Waals surface area contributed by atoms with Crippen LogP contribution in [0.2, 0.25) is 5.02 Å². The Balaban J connectivity index is 2.28. The molecule has 0 radical (unpaired) electrons. The molecule has 0 unspecified atom stereocenters. The zero-order valence-corrected chi connectivity index (χ0v) is 9.50. The van der Waals surface area contributed by atoms with Gasteiger partial charge in [0.15, 0.2) is 0 Å². The zero-order chi connectivity index (χ0) is 12.4. The first-order valence-electron chi connectivity index (χ1n) is 4.80. The van der Waals surface area contributed by atoms with Gasteiger partial charge in [-0.15, -0.1) is 0 Å². The van der Waals surface area contributed by atoms with Crippen LogP contribution in [0.1, 0.15) is 0 Å². The van der Waals surface area contributed by atoms with Gasteiger partial charge in [-0.2, -0.15) is 0 Å². The topological polar surface area (TPSA) is 77.0 Å². The van der Waals surface area contributed by atoms with Gasteiger partial charge in [0.1, 0.15) is 17.5 Å². The van der Waals surface area contributed by atoms with Crippen molar-refractivity contribution in [2.45, 2.75) is 0 Å². The number of rotatable bonds is 2. The minimum atomic E-state index is -0.398. The van der Waals surface area contributed by atoms with Crippen LogP contribution in [-0.4, -0.2) is 4.98 Å². The van der Waals surface area contributed by atoms with E-state index in [0.717, 1.165) is 0 Å². The predicted molar refractivity (Wildman–Crippen MR) is 67.8 cm³/mol. The molecule has 88 valence electrons. The van der Waals surface area contributed by atoms with Gasteiger partial charge in [-0.25, -0.2) is 9.37 Å². The molecule has 1 aromatic carbocycles. The summed E-state index contributed by atoms with van der Waals surface area (Å²) in [6.45, 7) is 0. The molecule has 0 saturated carbocycles. The van der Waals surface area contributed by atoms with Crippen molar-refractivity contribution in [3.8, 4) is 0 Å². The number of benzene rings is 1. The highest BCUT2D eigenvalue weighted by Crippen LogP contribution is 2.26. The number of anilines is 4. The third-order valence-electron chi connectivity index (χ3n) is 2.15. The summed E-state index contributed by atoms with van der Waals surface area (Å²) in [6, 6.07) is 7.32. The molecule has 5 N–H and O–H groups in total. The Kier molecular flexibility index (Phi) is 3.01. The van der Waals surface area contributed by atoms with E-state index in [1.165, 1.54) is 18.2 Å². The lowest BCUT2D eigenvalue weighted by atomic mass is 10.3. The maximum absolute atomic E-state index is 12.8. The lowest BCUT2D eigenvalue weighted by Gasteiger charge is -2.08. The normalized spacial score (nSPS) is 10.2. The highest BCUT2D eigenvalue weighted by molar-refractivity contribution is 6.33. The van der Waals surface area contributed by atoms with E-state index in [1.54, 1.807) is 12.1 Å². The molecule has 0 saturated heterocycles. The Morgan fingerprint density at radius 1 is 1.18 bits per heavy atom. The third-order valence-corrected chi connectivity index (χ3v) is 2.46. The highest BCUT2D eigenvalue weighted by atomic mass is 35.5. The van der Waals surface area contributed by atoms with Gasteiger partial charge < -0.3 is 16.8 Å². The van der Waals surface area contributed by atoms with Crippen molar-refractivity contribution < 1.29 is 4.39 Å². The predicted octanol–water partition coefficient (Wildman–Crippen LogP) is 2.78. The second-order valence-corrected chi connectivity index (χ2v) is 3.83. The van der Waals surface area contributed by atoms with Crippen LogP contribution >= 0.6 is 11.6 Å². The molecule has 6 heteroatoms. The van der Waals surface area contributed by atoms with E-state index >= 15 is 0 Å². The zero-order valence-electron chi connectivity index (χ0n) is 8.74. The van der Waals surface area contributed by atoms with Crippen molar-refractivity contribution in [1.29, 1.82) is 0 Å². The number of hydrogen-bond acceptors (Lipinski definition) is 4. The van der Waals surface area contributed by atoms with Crippen molar-refractivity contribution in [1.82, 2.24) is 4.98 Å². The number of pyridine rings is 1. The molecule has 0 aliphatic carbocycles. The summed E-state index contributed by atoms with van der Waals surface area (Å²) in [4.78, 5) is 4.02. The number of aromatic nitrogens is 1. The van der Waals surface area contributed by atoms with Gasteiger partial charge >= 0.3 is 0 Å². The average molecular weight is 253 g/mol. The molecule has 1 heterocycles. The number of halogens is 2. The van der Waals surface area contributed by atoms with Crippen molar-refractivity contribution in [3.63, 3.8) is 0 Å². The lowest BCUT2D eigenvalue weighted by molar-refractivity contribution is 0.628. The van der Waals surface area contributed by atoms with Crippen LogP contribution in [0.5, 0.6) is 0 Å². The molecule has 1 aromatic heterocycles. The van der Waals surface area contributed by atoms with E-state index in [0.29, 0.717) is 17.2 Å². The monoisotopic (exact) mass is 252 g/mol. The van der Waals surface area contributed by atoms with Crippen LogP contribution in [0.15, 0.2) is 30.3 Å². The Morgan fingerprint density at radius 3 is 2.59 bits per heavy atom. The van der Waals surface area contributed by atoms with Crippen LogP contribution in [0.4, 0.5) is 27.4 Å². The molecule has 0 bridgehead atoms. The van der Waals surface area contributed by atoms with E-state index in [9.17, 15) is 4.39 Å². The Hall–Kier alpha value is -2.01. The van der Waals surface area contributed by atoms with Gasteiger partial charge in [-0.1, -0.05) is 11.6 Å². The first-order chi connectivity index (χ1) is 8.06. The number of nitrogens with two attached hydrogens (primary N) is 2. The number of hydrogen-bond donors (Lipinski definition) is 3. The summed E-state index contributed by atoms with van der Waals surface area (Å²) in [5, 5.41) is 3.19. The summed E-state index contributed by atoms with van der Waals surface area (Å²) >= 11 is 5.86. The molecule has 0 aliphatic heterocycles. The lowest BCUT2D eigenvalue weighted by Crippen LogP contribution is -2.01. The van der Waals surface area contributed by atoms with E-state index in [1.807, 2.05) is 0 Å². The number of nitrogens with one attached hydrogen (secondary N) is 1. The fraction of sp³-hybridized carbons (Fsp3) is 0. The van der Waals surface area contributed by atoms with Gasteiger partial charge in [-0.05, 0) is 30.3 Å². The summed E-state index contributed by atoms with van der Waals surface area (Å²) < 4.78 is 12.8. The maximum atomic E-state index is 12.8. The van der Waals surface area contributed by atoms with Gasteiger partial charge in [0.2, 0.25) is 0 Å². The molecular formula is C11H10ClFN4. The second-order valence-electron chi connectivity index (χ2n) is 3.42. The standard InChI is InChI=1S/C11H10ClFN4/c12-7-5-6(13)1-3-9(7)16-10-4-2-8(14)11(15)17-10/h1-5H,14H2,(H3,15,16,17). The van der Waals surface area contributed by atoms with Crippen molar-refractivity contribution in [2.75, 3.05) is 16.8 Å². The molecule has 4 nitrogen and oxygen atoms in total. The minimum Gasteiger partial charge on any atom is -0.396 e. The first-order valence-corrected chi connectivity index (χ1v) is 5.18. The van der Waals surface area contributed by atoms with Crippen LogP contribution in [0.3, 0.4) is 0 Å². The SMILES string of the molecule is Nc1ccc(Nc2ccc(F)cc2Cl)nc1N. The van der Waals surface area contributed by atoms with Crippen LogP contribution in [0, 0.1) is 5.82 Å². The largest absolute Gasteiger partial charge is 0.396 e. The van der Waals surface area contributed by atoms with E-state index < -0.39 is 5.82 Å². The van der Waals surface area contributed by atoms with Crippen molar-refractivity contribution in [2.24, 2.45) is 0 Å². The minimum absolute atomic E-state index is 0.230. The molecule has 17 heavy (non-hydrogen) atoms. The Bertz CT molecular complexity index is 559. The quantitative estimate of drug-likeness (QED) is 0.768. The van der Waals surface area contributed by atoms with Crippen molar-refractivity contribution in [3.05, 3.63) is 41.2 Å². The molecular weight excluding hydrogens is 243 g/mol. The van der Waals surface area contributed by atoms with E-state index in [2.05, 4.69) is 10.3 Å². The summed E-state index contributed by atoms with van der Waals surface area (Å²) in [5.74, 6) is 0.323. The molecule has 0 amide bonds. The van der Waals surface area contributed by atoms with Gasteiger partial charge in [0.25, 0.3) is 0 Å². The van der Waals surface area contributed by atoms with E-state index in [4.69, 9.17) is 23.1 Å². The fourth-order valence-electron chi connectivity index (χ4n) is 1.28. The molecule has 0 fully saturated rings. The number of nitrogen functional groups attached to an aromatic ring is 2. The fourth-order valence-corrected chi connectivity index (χ4v) is 1.50. The maximum Gasteiger partial charge on any atom is 0.149 e. The third kappa shape index (κ3) is 2.57. The van der Waals surface area contributed by atoms with Crippen LogP contribution < -0.4 is 16.8 Å². The molecule has 2 aromatic rings. The number of nitrogens with zero attached hydrogens (tertiary/aromatic N) is 1.